The van der Waals surface area contributed by atoms with Crippen LogP contribution in [-0.4, -0.2) is 49.2 Å². The Hall–Kier alpha value is -4.12. The molecule has 4 rings (SSSR count). The number of benzene rings is 2. The Morgan fingerprint density at radius 3 is 2.74 bits per heavy atom. The number of para-hydroxylation sites is 1. The summed E-state index contributed by atoms with van der Waals surface area (Å²) in [4.78, 5) is 33.2. The van der Waals surface area contributed by atoms with E-state index in [0.717, 1.165) is 17.3 Å². The van der Waals surface area contributed by atoms with Gasteiger partial charge in [-0.1, -0.05) is 42.1 Å². The van der Waals surface area contributed by atoms with Gasteiger partial charge in [0, 0.05) is 0 Å². The number of aliphatic imine (C=N–C) groups is 1. The summed E-state index contributed by atoms with van der Waals surface area (Å²) in [6, 6.07) is 16.5. The van der Waals surface area contributed by atoms with Crippen LogP contribution in [0.4, 0.5) is 11.6 Å². The molecule has 1 aliphatic heterocycles. The van der Waals surface area contributed by atoms with Gasteiger partial charge in [-0.2, -0.15) is 5.01 Å². The Bertz CT molecular complexity index is 1260. The monoisotopic (exact) mass is 479 g/mol. The average Bonchev–Trinajstić information content (AvgIpc) is 3.43. The Kier molecular flexibility index (Phi) is 6.93. The van der Waals surface area contributed by atoms with Crippen LogP contribution < -0.4 is 24.8 Å². The zero-order valence-electron chi connectivity index (χ0n) is 18.8. The largest absolute Gasteiger partial charge is 0.497 e. The number of hydrogen-bond acceptors (Lipinski definition) is 8. The molecule has 0 radical (unpaired) electrons. The van der Waals surface area contributed by atoms with Crippen LogP contribution in [0.3, 0.4) is 0 Å². The Morgan fingerprint density at radius 2 is 2.03 bits per heavy atom. The molecular weight excluding hydrogens is 456 g/mol. The van der Waals surface area contributed by atoms with Gasteiger partial charge in [-0.25, -0.2) is 4.99 Å². The number of carbonyl (C=O) groups excluding carboxylic acids is 2. The standard InChI is InChI=1S/C23H22N6O4S/c1-27(2)28-14-21(33-26-28)25-20(30)15-34-23-24-19(13-16-8-7-11-18(12-16)32-3)22(31)29(23)17-9-5-4-6-10-17/h4-14H,15H2,1-3H3/p+1/b19-13+. The van der Waals surface area contributed by atoms with Crippen LogP contribution in [0.5, 0.6) is 5.75 Å². The van der Waals surface area contributed by atoms with E-state index in [1.807, 2.05) is 54.6 Å². The molecule has 0 unspecified atom stereocenters. The number of carbonyl (C=O) groups is 2. The molecule has 10 nitrogen and oxygen atoms in total. The maximum absolute atomic E-state index is 13.2. The van der Waals surface area contributed by atoms with Crippen molar-refractivity contribution in [1.29, 1.82) is 0 Å². The minimum absolute atomic E-state index is 0.0184. The van der Waals surface area contributed by atoms with E-state index in [0.29, 0.717) is 16.6 Å². The number of nitrogens with zero attached hydrogens (tertiary/aromatic N) is 5. The first-order valence-electron chi connectivity index (χ1n) is 10.3. The van der Waals surface area contributed by atoms with E-state index >= 15 is 0 Å². The van der Waals surface area contributed by atoms with Gasteiger partial charge in [0.2, 0.25) is 11.2 Å². The third-order valence-corrected chi connectivity index (χ3v) is 5.64. The highest BCUT2D eigenvalue weighted by Gasteiger charge is 2.32. The van der Waals surface area contributed by atoms with Crippen molar-refractivity contribution >= 4 is 46.4 Å². The van der Waals surface area contributed by atoms with Crippen molar-refractivity contribution in [3.8, 4) is 5.75 Å². The molecule has 2 aromatic carbocycles. The van der Waals surface area contributed by atoms with Gasteiger partial charge >= 0.3 is 5.88 Å². The number of amides is 2. The molecule has 1 aliphatic rings. The van der Waals surface area contributed by atoms with E-state index in [9.17, 15) is 9.59 Å². The van der Waals surface area contributed by atoms with E-state index in [1.54, 1.807) is 38.5 Å². The summed E-state index contributed by atoms with van der Waals surface area (Å²) in [6.07, 6.45) is 3.24. The minimum atomic E-state index is -0.319. The van der Waals surface area contributed by atoms with Gasteiger partial charge in [-0.05, 0) is 35.9 Å². The van der Waals surface area contributed by atoms with Crippen LogP contribution in [-0.2, 0) is 9.59 Å². The van der Waals surface area contributed by atoms with Gasteiger partial charge in [0.1, 0.15) is 11.4 Å². The van der Waals surface area contributed by atoms with E-state index in [-0.39, 0.29) is 29.1 Å². The molecule has 11 heteroatoms. The molecule has 1 N–H and O–H groups in total. The molecule has 0 aliphatic carbocycles. The molecule has 2 amide bonds. The van der Waals surface area contributed by atoms with Crippen LogP contribution in [0.15, 0.2) is 76.0 Å². The molecule has 0 saturated heterocycles. The molecule has 1 aromatic heterocycles. The lowest BCUT2D eigenvalue weighted by atomic mass is 10.2. The van der Waals surface area contributed by atoms with Crippen LogP contribution in [0, 0.1) is 0 Å². The molecule has 174 valence electrons. The highest BCUT2D eigenvalue weighted by Crippen LogP contribution is 2.29. The second-order valence-electron chi connectivity index (χ2n) is 7.35. The predicted octanol–water partition coefficient (Wildman–Crippen LogP) is 2.28. The Balaban J connectivity index is 1.54. The highest BCUT2D eigenvalue weighted by molar-refractivity contribution is 8.14. The first kappa shape index (κ1) is 23.1. The summed E-state index contributed by atoms with van der Waals surface area (Å²) in [5.74, 6) is 0.310. The van der Waals surface area contributed by atoms with Crippen LogP contribution in [0.1, 0.15) is 5.56 Å². The summed E-state index contributed by atoms with van der Waals surface area (Å²) in [7, 11) is 5.16. The van der Waals surface area contributed by atoms with E-state index in [4.69, 9.17) is 9.26 Å². The number of thioether (sulfide) groups is 1. The molecular formula is C23H23N6O4S+. The number of ether oxygens (including phenoxy) is 1. The third kappa shape index (κ3) is 5.26. The SMILES string of the molecule is COc1cccc(/C=C2/N=C(SCC(=O)Nc3c[n+](N(C)C)no3)N(c3ccccc3)C2=O)c1. The normalized spacial score (nSPS) is 14.3. The second-order valence-corrected chi connectivity index (χ2v) is 8.29. The van der Waals surface area contributed by atoms with Crippen molar-refractivity contribution in [1.82, 2.24) is 5.27 Å². The van der Waals surface area contributed by atoms with Gasteiger partial charge in [-0.15, -0.1) is 0 Å². The molecule has 0 spiro atoms. The summed E-state index contributed by atoms with van der Waals surface area (Å²) in [5, 5.41) is 8.52. The number of hydrogen-bond donors (Lipinski definition) is 1. The van der Waals surface area contributed by atoms with Crippen LogP contribution in [0.2, 0.25) is 0 Å². The van der Waals surface area contributed by atoms with Gasteiger partial charge in [0.25, 0.3) is 12.1 Å². The fraction of sp³-hybridized carbons (Fsp3) is 0.174. The van der Waals surface area contributed by atoms with Crippen molar-refractivity contribution in [3.63, 3.8) is 0 Å². The maximum Gasteiger partial charge on any atom is 0.305 e. The number of anilines is 2. The Morgan fingerprint density at radius 1 is 1.24 bits per heavy atom. The lowest BCUT2D eigenvalue weighted by Crippen LogP contribution is -2.53. The number of nitrogens with one attached hydrogen (secondary N) is 1. The smallest absolute Gasteiger partial charge is 0.305 e. The fourth-order valence-corrected chi connectivity index (χ4v) is 3.88. The quantitative estimate of drug-likeness (QED) is 0.410. The molecule has 0 saturated carbocycles. The average molecular weight is 480 g/mol. The van der Waals surface area contributed by atoms with Crippen molar-refractivity contribution in [2.75, 3.05) is 42.2 Å². The lowest BCUT2D eigenvalue weighted by Gasteiger charge is -2.17. The summed E-state index contributed by atoms with van der Waals surface area (Å²) >= 11 is 1.15. The minimum Gasteiger partial charge on any atom is -0.497 e. The number of amidine groups is 1. The second kappa shape index (κ2) is 10.2. The number of aromatic nitrogens is 2. The Labute approximate surface area is 200 Å². The molecule has 2 heterocycles. The summed E-state index contributed by atoms with van der Waals surface area (Å²) in [5.41, 5.74) is 1.71. The van der Waals surface area contributed by atoms with Crippen molar-refractivity contribution in [2.45, 2.75) is 0 Å². The van der Waals surface area contributed by atoms with Gasteiger partial charge in [0.15, 0.2) is 5.17 Å². The first-order chi connectivity index (χ1) is 16.4. The number of rotatable bonds is 7. The maximum atomic E-state index is 13.2. The fourth-order valence-electron chi connectivity index (χ4n) is 3.07. The van der Waals surface area contributed by atoms with Crippen LogP contribution >= 0.6 is 11.8 Å². The van der Waals surface area contributed by atoms with Crippen molar-refractivity contribution in [2.24, 2.45) is 4.99 Å². The predicted molar refractivity (Wildman–Crippen MR) is 130 cm³/mol. The summed E-state index contributed by atoms with van der Waals surface area (Å²) in [6.45, 7) is 0. The van der Waals surface area contributed by atoms with Gasteiger partial charge in [0.05, 0.1) is 37.4 Å². The molecule has 0 bridgehead atoms. The molecule has 0 atom stereocenters. The molecule has 0 fully saturated rings. The van der Waals surface area contributed by atoms with Crippen molar-refractivity contribution < 1.29 is 23.6 Å². The van der Waals surface area contributed by atoms with Crippen molar-refractivity contribution in [3.05, 3.63) is 72.1 Å². The molecule has 34 heavy (non-hydrogen) atoms. The van der Waals surface area contributed by atoms with E-state index < -0.39 is 0 Å². The van der Waals surface area contributed by atoms with Crippen LogP contribution in [0.25, 0.3) is 6.08 Å². The highest BCUT2D eigenvalue weighted by atomic mass is 32.2. The van der Waals surface area contributed by atoms with E-state index in [2.05, 4.69) is 15.6 Å². The zero-order valence-corrected chi connectivity index (χ0v) is 19.7. The van der Waals surface area contributed by atoms with Gasteiger partial charge in [-0.3, -0.25) is 24.3 Å². The summed E-state index contributed by atoms with van der Waals surface area (Å²) < 4.78 is 10.4. The topological polar surface area (TPSA) is 104 Å². The van der Waals surface area contributed by atoms with E-state index in [1.165, 1.54) is 9.69 Å². The van der Waals surface area contributed by atoms with Gasteiger partial charge < -0.3 is 4.74 Å². The molecule has 3 aromatic rings. The first-order valence-corrected chi connectivity index (χ1v) is 11.3. The number of methoxy groups -OCH3 is 1. The third-order valence-electron chi connectivity index (χ3n) is 4.70. The zero-order chi connectivity index (χ0) is 24.1. The lowest BCUT2D eigenvalue weighted by molar-refractivity contribution is -0.753.